The van der Waals surface area contributed by atoms with Gasteiger partial charge in [-0.05, 0) is 18.6 Å². The third-order valence-electron chi connectivity index (χ3n) is 2.03. The van der Waals surface area contributed by atoms with E-state index in [0.717, 1.165) is 0 Å². The lowest BCUT2D eigenvalue weighted by atomic mass is 10.1. The van der Waals surface area contributed by atoms with Gasteiger partial charge in [0.1, 0.15) is 0 Å². The summed E-state index contributed by atoms with van der Waals surface area (Å²) in [7, 11) is 1.45. The standard InChI is InChI=1S/C10H11NO5/c1-5-3-6(9(12)13)8(10(14)15)11-7(5)4-16-2/h3H,4H2,1-2H3,(H,12,13)(H,14,15). The van der Waals surface area contributed by atoms with Gasteiger partial charge in [0.15, 0.2) is 5.69 Å². The van der Waals surface area contributed by atoms with Gasteiger partial charge in [0.2, 0.25) is 0 Å². The van der Waals surface area contributed by atoms with E-state index < -0.39 is 17.6 Å². The monoisotopic (exact) mass is 225 g/mol. The number of methoxy groups -OCH3 is 1. The molecule has 86 valence electrons. The molecule has 1 rings (SSSR count). The summed E-state index contributed by atoms with van der Waals surface area (Å²) in [4.78, 5) is 25.4. The van der Waals surface area contributed by atoms with Gasteiger partial charge >= 0.3 is 11.9 Å². The second-order valence-corrected chi connectivity index (χ2v) is 3.19. The number of aromatic nitrogens is 1. The van der Waals surface area contributed by atoms with Gasteiger partial charge in [-0.2, -0.15) is 0 Å². The molecule has 0 aliphatic heterocycles. The topological polar surface area (TPSA) is 96.7 Å². The summed E-state index contributed by atoms with van der Waals surface area (Å²) < 4.78 is 4.84. The van der Waals surface area contributed by atoms with Crippen LogP contribution in [-0.2, 0) is 11.3 Å². The third kappa shape index (κ3) is 2.34. The van der Waals surface area contributed by atoms with Gasteiger partial charge in [0, 0.05) is 7.11 Å². The number of ether oxygens (including phenoxy) is 1. The van der Waals surface area contributed by atoms with E-state index in [4.69, 9.17) is 14.9 Å². The van der Waals surface area contributed by atoms with E-state index in [1.165, 1.54) is 13.2 Å². The molecule has 0 unspecified atom stereocenters. The van der Waals surface area contributed by atoms with Crippen LogP contribution >= 0.6 is 0 Å². The van der Waals surface area contributed by atoms with E-state index in [0.29, 0.717) is 11.3 Å². The maximum Gasteiger partial charge on any atom is 0.355 e. The molecule has 0 radical (unpaired) electrons. The number of pyridine rings is 1. The molecule has 0 aliphatic rings. The fraction of sp³-hybridized carbons (Fsp3) is 0.300. The summed E-state index contributed by atoms with van der Waals surface area (Å²) in [6, 6.07) is 1.28. The van der Waals surface area contributed by atoms with Gasteiger partial charge in [-0.25, -0.2) is 14.6 Å². The molecule has 1 aromatic heterocycles. The van der Waals surface area contributed by atoms with Crippen LogP contribution in [0.5, 0.6) is 0 Å². The lowest BCUT2D eigenvalue weighted by molar-refractivity contribution is 0.0645. The molecule has 6 nitrogen and oxygen atoms in total. The van der Waals surface area contributed by atoms with E-state index in [1.807, 2.05) is 0 Å². The highest BCUT2D eigenvalue weighted by Crippen LogP contribution is 2.14. The smallest absolute Gasteiger partial charge is 0.355 e. The zero-order valence-electron chi connectivity index (χ0n) is 8.85. The van der Waals surface area contributed by atoms with Crippen LogP contribution in [-0.4, -0.2) is 34.2 Å². The van der Waals surface area contributed by atoms with Crippen LogP contribution in [0.25, 0.3) is 0 Å². The fourth-order valence-electron chi connectivity index (χ4n) is 1.26. The first-order valence-electron chi connectivity index (χ1n) is 4.43. The van der Waals surface area contributed by atoms with Crippen molar-refractivity contribution in [2.24, 2.45) is 0 Å². The number of aromatic carboxylic acids is 2. The van der Waals surface area contributed by atoms with Crippen molar-refractivity contribution in [2.45, 2.75) is 13.5 Å². The molecule has 1 aromatic rings. The lowest BCUT2D eigenvalue weighted by Crippen LogP contribution is -2.13. The molecule has 0 spiro atoms. The van der Waals surface area contributed by atoms with Gasteiger partial charge in [-0.1, -0.05) is 0 Å². The van der Waals surface area contributed by atoms with Crippen LogP contribution < -0.4 is 0 Å². The van der Waals surface area contributed by atoms with Crippen LogP contribution in [0, 0.1) is 6.92 Å². The molecular weight excluding hydrogens is 214 g/mol. The molecule has 1 heterocycles. The largest absolute Gasteiger partial charge is 0.478 e. The van der Waals surface area contributed by atoms with E-state index in [2.05, 4.69) is 4.98 Å². The summed E-state index contributed by atoms with van der Waals surface area (Å²) in [5.41, 5.74) is 0.226. The number of carboxylic acid groups (broad SMARTS) is 2. The maximum absolute atomic E-state index is 10.8. The molecule has 0 atom stereocenters. The van der Waals surface area contributed by atoms with Crippen LogP contribution in [0.1, 0.15) is 32.1 Å². The summed E-state index contributed by atoms with van der Waals surface area (Å²) in [6.45, 7) is 1.80. The minimum absolute atomic E-state index is 0.145. The van der Waals surface area contributed by atoms with E-state index in [9.17, 15) is 9.59 Å². The molecule has 0 amide bonds. The summed E-state index contributed by atoms with van der Waals surface area (Å²) >= 11 is 0. The lowest BCUT2D eigenvalue weighted by Gasteiger charge is -2.07. The van der Waals surface area contributed by atoms with E-state index in [1.54, 1.807) is 6.92 Å². The summed E-state index contributed by atoms with van der Waals surface area (Å²) in [5, 5.41) is 17.7. The van der Waals surface area contributed by atoms with E-state index in [-0.39, 0.29) is 12.2 Å². The third-order valence-corrected chi connectivity index (χ3v) is 2.03. The van der Waals surface area contributed by atoms with Crippen molar-refractivity contribution in [1.29, 1.82) is 0 Å². The Balaban J connectivity index is 3.37. The highest BCUT2D eigenvalue weighted by atomic mass is 16.5. The van der Waals surface area contributed by atoms with Crippen molar-refractivity contribution in [1.82, 2.24) is 4.98 Å². The highest BCUT2D eigenvalue weighted by Gasteiger charge is 2.19. The van der Waals surface area contributed by atoms with Crippen molar-refractivity contribution in [3.05, 3.63) is 28.6 Å². The zero-order valence-corrected chi connectivity index (χ0v) is 8.85. The molecule has 6 heteroatoms. The average molecular weight is 225 g/mol. The predicted octanol–water partition coefficient (Wildman–Crippen LogP) is 0.933. The average Bonchev–Trinajstić information content (AvgIpc) is 2.20. The molecule has 0 aromatic carbocycles. The van der Waals surface area contributed by atoms with E-state index >= 15 is 0 Å². The highest BCUT2D eigenvalue weighted by molar-refractivity contribution is 6.00. The van der Waals surface area contributed by atoms with Crippen LogP contribution in [0.4, 0.5) is 0 Å². The second kappa shape index (κ2) is 4.71. The van der Waals surface area contributed by atoms with Gasteiger partial charge in [-0.15, -0.1) is 0 Å². The molecule has 0 saturated heterocycles. The Morgan fingerprint density at radius 1 is 1.38 bits per heavy atom. The number of hydrogen-bond acceptors (Lipinski definition) is 4. The van der Waals surface area contributed by atoms with Gasteiger partial charge in [0.25, 0.3) is 0 Å². The minimum atomic E-state index is -1.37. The SMILES string of the molecule is COCc1nc(C(=O)O)c(C(=O)O)cc1C. The minimum Gasteiger partial charge on any atom is -0.478 e. The van der Waals surface area contributed by atoms with Crippen LogP contribution in [0.3, 0.4) is 0 Å². The summed E-state index contributed by atoms with van der Waals surface area (Å²) in [5.74, 6) is -2.67. The van der Waals surface area contributed by atoms with Gasteiger partial charge in [0.05, 0.1) is 17.9 Å². The fourth-order valence-corrected chi connectivity index (χ4v) is 1.26. The number of aryl methyl sites for hydroxylation is 1. The summed E-state index contributed by atoms with van der Waals surface area (Å²) in [6.07, 6.45) is 0. The Labute approximate surface area is 91.5 Å². The molecule has 0 aliphatic carbocycles. The van der Waals surface area contributed by atoms with Crippen LogP contribution in [0.2, 0.25) is 0 Å². The molecule has 16 heavy (non-hydrogen) atoms. The first-order chi connectivity index (χ1) is 7.47. The van der Waals surface area contributed by atoms with Crippen LogP contribution in [0.15, 0.2) is 6.07 Å². The Hall–Kier alpha value is -1.95. The number of carboxylic acids is 2. The number of nitrogens with zero attached hydrogens (tertiary/aromatic N) is 1. The normalized spacial score (nSPS) is 10.1. The molecule has 0 bridgehead atoms. The Morgan fingerprint density at radius 2 is 2.00 bits per heavy atom. The molecule has 0 saturated carbocycles. The van der Waals surface area contributed by atoms with Crippen molar-refractivity contribution in [3.8, 4) is 0 Å². The Morgan fingerprint density at radius 3 is 2.44 bits per heavy atom. The van der Waals surface area contributed by atoms with Crippen molar-refractivity contribution in [2.75, 3.05) is 7.11 Å². The maximum atomic E-state index is 10.8. The Kier molecular flexibility index (Phi) is 3.57. The van der Waals surface area contributed by atoms with Crippen molar-refractivity contribution < 1.29 is 24.5 Å². The van der Waals surface area contributed by atoms with Gasteiger partial charge in [-0.3, -0.25) is 0 Å². The Bertz CT molecular complexity index is 441. The molecule has 0 fully saturated rings. The van der Waals surface area contributed by atoms with Crippen molar-refractivity contribution in [3.63, 3.8) is 0 Å². The quantitative estimate of drug-likeness (QED) is 0.791. The molecular formula is C10H11NO5. The van der Waals surface area contributed by atoms with Gasteiger partial charge < -0.3 is 14.9 Å². The second-order valence-electron chi connectivity index (χ2n) is 3.19. The zero-order chi connectivity index (χ0) is 12.3. The number of hydrogen-bond donors (Lipinski definition) is 2. The number of carbonyl (C=O) groups is 2. The molecule has 2 N–H and O–H groups in total. The first kappa shape index (κ1) is 12.1. The van der Waals surface area contributed by atoms with Crippen molar-refractivity contribution >= 4 is 11.9 Å². The number of rotatable bonds is 4. The predicted molar refractivity (Wildman–Crippen MR) is 53.6 cm³/mol. The first-order valence-corrected chi connectivity index (χ1v) is 4.43.